The molecule has 15 heavy (non-hydrogen) atoms. The number of hydrogen-bond acceptors (Lipinski definition) is 2. The van der Waals surface area contributed by atoms with E-state index in [-0.39, 0.29) is 12.2 Å². The molecule has 0 unspecified atom stereocenters. The van der Waals surface area contributed by atoms with Crippen LogP contribution in [0, 0.1) is 9.39 Å². The van der Waals surface area contributed by atoms with Gasteiger partial charge in [-0.1, -0.05) is 6.07 Å². The van der Waals surface area contributed by atoms with Crippen LogP contribution in [0.5, 0.6) is 0 Å². The minimum atomic E-state index is -0.416. The molecule has 2 rings (SSSR count). The van der Waals surface area contributed by atoms with Gasteiger partial charge in [0.25, 0.3) is 0 Å². The fourth-order valence-electron chi connectivity index (χ4n) is 1.35. The van der Waals surface area contributed by atoms with Crippen LogP contribution in [0.4, 0.5) is 4.39 Å². The Hall–Kier alpha value is -0.950. The molecule has 1 N–H and O–H groups in total. The topological polar surface area (TPSA) is 38.0 Å². The Kier molecular flexibility index (Phi) is 3.01. The molecule has 78 valence electrons. The average molecular weight is 318 g/mol. The first-order valence-corrected chi connectivity index (χ1v) is 5.39. The molecule has 1 aromatic heterocycles. The van der Waals surface area contributed by atoms with Gasteiger partial charge >= 0.3 is 0 Å². The molecule has 0 saturated heterocycles. The molecule has 0 saturated carbocycles. The first-order chi connectivity index (χ1) is 7.22. The average Bonchev–Trinajstić information content (AvgIpc) is 2.64. The van der Waals surface area contributed by atoms with E-state index in [0.717, 1.165) is 3.57 Å². The standard InChI is InChI=1S/C10H8FIN2O/c11-9-2-1-3-10(8(9)6-15)14-5-7(12)4-13-14/h1-5,15H,6H2. The van der Waals surface area contributed by atoms with Crippen molar-refractivity contribution in [3.05, 3.63) is 45.5 Å². The van der Waals surface area contributed by atoms with Gasteiger partial charge in [0.15, 0.2) is 0 Å². The number of nitrogens with zero attached hydrogens (tertiary/aromatic N) is 2. The highest BCUT2D eigenvalue weighted by atomic mass is 127. The predicted octanol–water partition coefficient (Wildman–Crippen LogP) is 2.11. The first-order valence-electron chi connectivity index (χ1n) is 4.31. The van der Waals surface area contributed by atoms with Gasteiger partial charge in [0.05, 0.1) is 22.1 Å². The van der Waals surface area contributed by atoms with Gasteiger partial charge in [0.2, 0.25) is 0 Å². The quantitative estimate of drug-likeness (QED) is 0.861. The van der Waals surface area contributed by atoms with E-state index in [2.05, 4.69) is 27.7 Å². The zero-order valence-electron chi connectivity index (χ0n) is 7.69. The van der Waals surface area contributed by atoms with Crippen LogP contribution < -0.4 is 0 Å². The van der Waals surface area contributed by atoms with Gasteiger partial charge in [-0.05, 0) is 34.7 Å². The molecular weight excluding hydrogens is 310 g/mol. The van der Waals surface area contributed by atoms with E-state index in [4.69, 9.17) is 5.11 Å². The Bertz CT molecular complexity index is 484. The summed E-state index contributed by atoms with van der Waals surface area (Å²) in [5.41, 5.74) is 0.831. The number of aromatic nitrogens is 2. The highest BCUT2D eigenvalue weighted by Crippen LogP contribution is 2.18. The maximum Gasteiger partial charge on any atom is 0.130 e. The van der Waals surface area contributed by atoms with E-state index in [1.807, 2.05) is 0 Å². The van der Waals surface area contributed by atoms with Crippen LogP contribution in [0.25, 0.3) is 5.69 Å². The molecular formula is C10H8FIN2O. The molecule has 0 radical (unpaired) electrons. The van der Waals surface area contributed by atoms with E-state index in [1.54, 1.807) is 29.2 Å². The number of aliphatic hydroxyl groups is 1. The molecule has 1 aromatic carbocycles. The van der Waals surface area contributed by atoms with Crippen LogP contribution in [-0.4, -0.2) is 14.9 Å². The predicted molar refractivity (Wildman–Crippen MR) is 62.2 cm³/mol. The van der Waals surface area contributed by atoms with Crippen molar-refractivity contribution in [2.75, 3.05) is 0 Å². The van der Waals surface area contributed by atoms with Crippen LogP contribution in [0.3, 0.4) is 0 Å². The largest absolute Gasteiger partial charge is 0.391 e. The second-order valence-electron chi connectivity index (χ2n) is 3.00. The summed E-state index contributed by atoms with van der Waals surface area (Å²) in [5, 5.41) is 13.2. The van der Waals surface area contributed by atoms with Crippen molar-refractivity contribution in [3.63, 3.8) is 0 Å². The van der Waals surface area contributed by atoms with E-state index in [9.17, 15) is 4.39 Å². The third-order valence-corrected chi connectivity index (χ3v) is 2.61. The molecule has 0 bridgehead atoms. The Morgan fingerprint density at radius 3 is 2.87 bits per heavy atom. The van der Waals surface area contributed by atoms with Crippen LogP contribution in [0.15, 0.2) is 30.6 Å². The maximum atomic E-state index is 13.3. The summed E-state index contributed by atoms with van der Waals surface area (Å²) in [6.07, 6.45) is 3.45. The molecule has 0 amide bonds. The molecule has 1 heterocycles. The monoisotopic (exact) mass is 318 g/mol. The van der Waals surface area contributed by atoms with Gasteiger partial charge < -0.3 is 5.11 Å². The number of hydrogen-bond donors (Lipinski definition) is 1. The lowest BCUT2D eigenvalue weighted by molar-refractivity contribution is 0.275. The van der Waals surface area contributed by atoms with Crippen molar-refractivity contribution < 1.29 is 9.50 Å². The highest BCUT2D eigenvalue weighted by Gasteiger charge is 2.09. The summed E-state index contributed by atoms with van der Waals surface area (Å²) in [7, 11) is 0. The van der Waals surface area contributed by atoms with Gasteiger partial charge in [-0.3, -0.25) is 0 Å². The van der Waals surface area contributed by atoms with Gasteiger partial charge in [-0.25, -0.2) is 9.07 Å². The van der Waals surface area contributed by atoms with Crippen molar-refractivity contribution in [2.24, 2.45) is 0 Å². The third kappa shape index (κ3) is 2.03. The summed E-state index contributed by atoms with van der Waals surface area (Å²) >= 11 is 2.12. The van der Waals surface area contributed by atoms with E-state index in [1.165, 1.54) is 6.07 Å². The number of benzene rings is 1. The lowest BCUT2D eigenvalue weighted by Gasteiger charge is -2.07. The zero-order valence-corrected chi connectivity index (χ0v) is 9.85. The van der Waals surface area contributed by atoms with Gasteiger partial charge in [-0.2, -0.15) is 5.10 Å². The van der Waals surface area contributed by atoms with Gasteiger partial charge in [-0.15, -0.1) is 0 Å². The zero-order chi connectivity index (χ0) is 10.8. The molecule has 2 aromatic rings. The van der Waals surface area contributed by atoms with Crippen LogP contribution in [-0.2, 0) is 6.61 Å². The summed E-state index contributed by atoms with van der Waals surface area (Å²) < 4.78 is 15.9. The number of halogens is 2. The fourth-order valence-corrected chi connectivity index (χ4v) is 1.74. The fraction of sp³-hybridized carbons (Fsp3) is 0.100. The lowest BCUT2D eigenvalue weighted by Crippen LogP contribution is -2.02. The van der Waals surface area contributed by atoms with Crippen molar-refractivity contribution in [1.82, 2.24) is 9.78 Å². The highest BCUT2D eigenvalue weighted by molar-refractivity contribution is 14.1. The maximum absolute atomic E-state index is 13.3. The Balaban J connectivity index is 2.57. The van der Waals surface area contributed by atoms with Gasteiger partial charge in [0, 0.05) is 11.8 Å². The lowest BCUT2D eigenvalue weighted by atomic mass is 10.2. The molecule has 0 spiro atoms. The second kappa shape index (κ2) is 4.28. The molecule has 3 nitrogen and oxygen atoms in total. The van der Waals surface area contributed by atoms with E-state index in [0.29, 0.717) is 5.69 Å². The van der Waals surface area contributed by atoms with Gasteiger partial charge in [0.1, 0.15) is 5.82 Å². The number of aliphatic hydroxyl groups excluding tert-OH is 1. The van der Waals surface area contributed by atoms with Crippen LogP contribution >= 0.6 is 22.6 Å². The van der Waals surface area contributed by atoms with Crippen molar-refractivity contribution >= 4 is 22.6 Å². The summed E-state index contributed by atoms with van der Waals surface area (Å²) in [6, 6.07) is 4.64. The minimum absolute atomic E-state index is 0.261. The smallest absolute Gasteiger partial charge is 0.130 e. The van der Waals surface area contributed by atoms with Crippen molar-refractivity contribution in [2.45, 2.75) is 6.61 Å². The molecule has 0 aliphatic carbocycles. The third-order valence-electron chi connectivity index (χ3n) is 2.05. The normalized spacial score (nSPS) is 10.6. The Labute approximate surface area is 99.7 Å². The number of rotatable bonds is 2. The minimum Gasteiger partial charge on any atom is -0.391 e. The Morgan fingerprint density at radius 2 is 2.27 bits per heavy atom. The van der Waals surface area contributed by atoms with E-state index < -0.39 is 5.82 Å². The molecule has 0 fully saturated rings. The van der Waals surface area contributed by atoms with Crippen LogP contribution in [0.1, 0.15) is 5.56 Å². The van der Waals surface area contributed by atoms with Crippen molar-refractivity contribution in [1.29, 1.82) is 0 Å². The first kappa shape index (κ1) is 10.6. The summed E-state index contributed by atoms with van der Waals surface area (Å²) in [4.78, 5) is 0. The van der Waals surface area contributed by atoms with E-state index >= 15 is 0 Å². The second-order valence-corrected chi connectivity index (χ2v) is 4.24. The SMILES string of the molecule is OCc1c(F)cccc1-n1cc(I)cn1. The molecule has 0 aliphatic rings. The Morgan fingerprint density at radius 1 is 1.47 bits per heavy atom. The van der Waals surface area contributed by atoms with Crippen LogP contribution in [0.2, 0.25) is 0 Å². The summed E-state index contributed by atoms with van der Waals surface area (Å²) in [5.74, 6) is -0.416. The molecule has 0 aliphatic heterocycles. The molecule has 0 atom stereocenters. The molecule has 5 heteroatoms. The summed E-state index contributed by atoms with van der Waals surface area (Å²) in [6.45, 7) is -0.335. The van der Waals surface area contributed by atoms with Crippen molar-refractivity contribution in [3.8, 4) is 5.69 Å².